The van der Waals surface area contributed by atoms with Crippen LogP contribution in [0.5, 0.6) is 0 Å². The maximum atomic E-state index is 11.2. The summed E-state index contributed by atoms with van der Waals surface area (Å²) in [5.41, 5.74) is 2.27. The molecule has 6 heteroatoms. The number of carbonyl (C=O) groups is 1. The first-order valence-corrected chi connectivity index (χ1v) is 8.71. The average Bonchev–Trinajstić information content (AvgIpc) is 3.09. The Bertz CT molecular complexity index is 1160. The minimum Gasteiger partial charge on any atom is -0.475 e. The molecule has 6 nitrogen and oxygen atoms in total. The van der Waals surface area contributed by atoms with E-state index in [1.54, 1.807) is 0 Å². The zero-order valence-electron chi connectivity index (χ0n) is 15.3. The first kappa shape index (κ1) is 17.0. The second-order valence-electron chi connectivity index (χ2n) is 6.77. The third-order valence-corrected chi connectivity index (χ3v) is 4.69. The quantitative estimate of drug-likeness (QED) is 0.573. The molecule has 0 radical (unpaired) electrons. The lowest BCUT2D eigenvalue weighted by molar-refractivity contribution is 0.0664. The molecule has 2 aromatic heterocycles. The summed E-state index contributed by atoms with van der Waals surface area (Å²) in [6, 6.07) is 15.8. The second kappa shape index (κ2) is 6.39. The highest BCUT2D eigenvalue weighted by molar-refractivity contribution is 5.92. The van der Waals surface area contributed by atoms with E-state index in [1.807, 2.05) is 36.2 Å². The Morgan fingerprint density at radius 2 is 1.81 bits per heavy atom. The first-order valence-electron chi connectivity index (χ1n) is 8.71. The summed E-state index contributed by atoms with van der Waals surface area (Å²) in [5, 5.41) is 11.4. The zero-order chi connectivity index (χ0) is 19.1. The van der Waals surface area contributed by atoms with Gasteiger partial charge in [0.25, 0.3) is 0 Å². The van der Waals surface area contributed by atoms with Gasteiger partial charge in [-0.15, -0.1) is 0 Å². The number of rotatable bonds is 4. The fourth-order valence-electron chi connectivity index (χ4n) is 2.98. The van der Waals surface area contributed by atoms with Gasteiger partial charge >= 0.3 is 5.97 Å². The lowest BCUT2D eigenvalue weighted by Gasteiger charge is -2.24. The highest BCUT2D eigenvalue weighted by Crippen LogP contribution is 2.32. The van der Waals surface area contributed by atoms with Gasteiger partial charge in [-0.1, -0.05) is 36.4 Å². The van der Waals surface area contributed by atoms with E-state index in [1.165, 1.54) is 6.07 Å². The number of anilines is 1. The first-order chi connectivity index (χ1) is 12.9. The zero-order valence-corrected chi connectivity index (χ0v) is 15.3. The molecule has 0 amide bonds. The molecule has 4 aromatic rings. The van der Waals surface area contributed by atoms with E-state index in [4.69, 9.17) is 9.40 Å². The number of carboxylic acids is 1. The largest absolute Gasteiger partial charge is 0.475 e. The minimum absolute atomic E-state index is 0.168. The van der Waals surface area contributed by atoms with Crippen LogP contribution in [0.25, 0.3) is 33.3 Å². The predicted octanol–water partition coefficient (Wildman–Crippen LogP) is 4.59. The van der Waals surface area contributed by atoms with Crippen LogP contribution in [0.4, 0.5) is 5.82 Å². The SMILES string of the molecule is CC(C)N(C)c1nc2oc(C(=O)O)cc2nc1-c1ccc2ccccc2c1. The Morgan fingerprint density at radius 1 is 1.07 bits per heavy atom. The number of aromatic carboxylic acids is 1. The summed E-state index contributed by atoms with van der Waals surface area (Å²) in [4.78, 5) is 22.5. The number of nitrogens with zero attached hydrogens (tertiary/aromatic N) is 3. The van der Waals surface area contributed by atoms with Crippen LogP contribution in [-0.4, -0.2) is 34.1 Å². The summed E-state index contributed by atoms with van der Waals surface area (Å²) < 4.78 is 5.36. The van der Waals surface area contributed by atoms with E-state index >= 15 is 0 Å². The van der Waals surface area contributed by atoms with Crippen molar-refractivity contribution in [3.63, 3.8) is 0 Å². The molecular formula is C21H19N3O3. The van der Waals surface area contributed by atoms with Crippen LogP contribution < -0.4 is 4.90 Å². The van der Waals surface area contributed by atoms with Gasteiger partial charge in [-0.2, -0.15) is 4.98 Å². The summed E-state index contributed by atoms with van der Waals surface area (Å²) in [6.45, 7) is 4.11. The van der Waals surface area contributed by atoms with E-state index in [9.17, 15) is 9.90 Å². The standard InChI is InChI=1S/C21H19N3O3/c1-12(2)24(3)19-18(15-9-8-13-6-4-5-7-14(13)10-15)22-16-11-17(21(25)26)27-20(16)23-19/h4-12H,1-3H3,(H,25,26). The Labute approximate surface area is 156 Å². The number of fused-ring (bicyclic) bond motifs is 2. The van der Waals surface area contributed by atoms with Crippen LogP contribution >= 0.6 is 0 Å². The van der Waals surface area contributed by atoms with Gasteiger partial charge in [-0.05, 0) is 30.7 Å². The van der Waals surface area contributed by atoms with Crippen molar-refractivity contribution in [2.75, 3.05) is 11.9 Å². The second-order valence-corrected chi connectivity index (χ2v) is 6.77. The van der Waals surface area contributed by atoms with Crippen molar-refractivity contribution < 1.29 is 14.3 Å². The predicted molar refractivity (Wildman–Crippen MR) is 105 cm³/mol. The number of aromatic nitrogens is 2. The van der Waals surface area contributed by atoms with Gasteiger partial charge in [-0.3, -0.25) is 0 Å². The summed E-state index contributed by atoms with van der Waals surface area (Å²) >= 11 is 0. The van der Waals surface area contributed by atoms with Crippen LogP contribution in [0.15, 0.2) is 52.9 Å². The highest BCUT2D eigenvalue weighted by Gasteiger charge is 2.20. The van der Waals surface area contributed by atoms with Gasteiger partial charge in [0.1, 0.15) is 11.2 Å². The summed E-state index contributed by atoms with van der Waals surface area (Å²) in [5.74, 6) is -0.654. The number of carboxylic acid groups (broad SMARTS) is 1. The summed E-state index contributed by atoms with van der Waals surface area (Å²) in [6.07, 6.45) is 0. The fourth-order valence-corrected chi connectivity index (χ4v) is 2.98. The monoisotopic (exact) mass is 361 g/mol. The minimum atomic E-state index is -1.14. The van der Waals surface area contributed by atoms with E-state index in [2.05, 4.69) is 37.0 Å². The number of benzene rings is 2. The van der Waals surface area contributed by atoms with E-state index < -0.39 is 5.97 Å². The maximum absolute atomic E-state index is 11.2. The molecule has 0 unspecified atom stereocenters. The van der Waals surface area contributed by atoms with Crippen LogP contribution in [-0.2, 0) is 0 Å². The van der Waals surface area contributed by atoms with Gasteiger partial charge in [-0.25, -0.2) is 9.78 Å². The van der Waals surface area contributed by atoms with Crippen LogP contribution in [0.2, 0.25) is 0 Å². The van der Waals surface area contributed by atoms with Crippen molar-refractivity contribution in [3.8, 4) is 11.3 Å². The number of hydrogen-bond acceptors (Lipinski definition) is 5. The maximum Gasteiger partial charge on any atom is 0.371 e. The Balaban J connectivity index is 1.97. The van der Waals surface area contributed by atoms with E-state index in [0.29, 0.717) is 17.0 Å². The summed E-state index contributed by atoms with van der Waals surface area (Å²) in [7, 11) is 1.94. The molecule has 0 fully saturated rings. The van der Waals surface area contributed by atoms with Crippen molar-refractivity contribution in [1.29, 1.82) is 0 Å². The Morgan fingerprint density at radius 3 is 2.52 bits per heavy atom. The van der Waals surface area contributed by atoms with Crippen molar-refractivity contribution >= 4 is 33.8 Å². The number of furan rings is 1. The van der Waals surface area contributed by atoms with Crippen LogP contribution in [0, 0.1) is 0 Å². The molecule has 0 aliphatic carbocycles. The molecule has 4 rings (SSSR count). The third kappa shape index (κ3) is 2.99. The van der Waals surface area contributed by atoms with Gasteiger partial charge in [0, 0.05) is 24.7 Å². The lowest BCUT2D eigenvalue weighted by Crippen LogP contribution is -2.27. The van der Waals surface area contributed by atoms with Crippen molar-refractivity contribution in [2.24, 2.45) is 0 Å². The molecule has 0 aliphatic rings. The number of hydrogen-bond donors (Lipinski definition) is 1. The fraction of sp³-hybridized carbons (Fsp3) is 0.190. The van der Waals surface area contributed by atoms with Gasteiger partial charge < -0.3 is 14.4 Å². The average molecular weight is 361 g/mol. The molecule has 27 heavy (non-hydrogen) atoms. The molecule has 136 valence electrons. The lowest BCUT2D eigenvalue weighted by atomic mass is 10.0. The molecule has 0 aliphatic heterocycles. The van der Waals surface area contributed by atoms with Gasteiger partial charge in [0.15, 0.2) is 5.82 Å². The topological polar surface area (TPSA) is 79.5 Å². The molecule has 2 aromatic carbocycles. The van der Waals surface area contributed by atoms with Crippen LogP contribution in [0.3, 0.4) is 0 Å². The highest BCUT2D eigenvalue weighted by atomic mass is 16.4. The van der Waals surface area contributed by atoms with Gasteiger partial charge in [0.05, 0.1) is 0 Å². The molecule has 0 bridgehead atoms. The molecule has 2 heterocycles. The van der Waals surface area contributed by atoms with Gasteiger partial charge in [0.2, 0.25) is 11.5 Å². The Hall–Kier alpha value is -3.41. The third-order valence-electron chi connectivity index (χ3n) is 4.69. The molecule has 0 saturated carbocycles. The van der Waals surface area contributed by atoms with Crippen molar-refractivity contribution in [1.82, 2.24) is 9.97 Å². The van der Waals surface area contributed by atoms with Crippen molar-refractivity contribution in [3.05, 3.63) is 54.3 Å². The van der Waals surface area contributed by atoms with E-state index in [-0.39, 0.29) is 17.5 Å². The van der Waals surface area contributed by atoms with Crippen molar-refractivity contribution in [2.45, 2.75) is 19.9 Å². The normalized spacial score (nSPS) is 11.4. The molecule has 0 spiro atoms. The smallest absolute Gasteiger partial charge is 0.371 e. The Kier molecular flexibility index (Phi) is 4.03. The molecule has 1 N–H and O–H groups in total. The van der Waals surface area contributed by atoms with Crippen LogP contribution in [0.1, 0.15) is 24.4 Å². The van der Waals surface area contributed by atoms with E-state index in [0.717, 1.165) is 16.3 Å². The molecule has 0 saturated heterocycles. The molecule has 0 atom stereocenters. The molecular weight excluding hydrogens is 342 g/mol.